The van der Waals surface area contributed by atoms with Crippen LogP contribution in [0.4, 0.5) is 5.82 Å². The van der Waals surface area contributed by atoms with E-state index in [0.717, 1.165) is 43.7 Å². The highest BCUT2D eigenvalue weighted by molar-refractivity contribution is 6.49. The van der Waals surface area contributed by atoms with Gasteiger partial charge in [-0.05, 0) is 63.4 Å². The SMILES string of the molecule is CCc1cccnc1N(C(=O)c1ccc(C2=NOC(C)(C)C2=O)cc1)C1CCCNC1. The zero-order valence-corrected chi connectivity index (χ0v) is 18.2. The molecule has 7 heteroatoms. The minimum Gasteiger partial charge on any atom is -0.381 e. The summed E-state index contributed by atoms with van der Waals surface area (Å²) in [6.45, 7) is 7.15. The van der Waals surface area contributed by atoms with E-state index in [0.29, 0.717) is 11.1 Å². The number of hydrogen-bond donors (Lipinski definition) is 1. The lowest BCUT2D eigenvalue weighted by atomic mass is 9.95. The molecule has 1 atom stereocenters. The number of nitrogens with one attached hydrogen (secondary N) is 1. The molecule has 0 aliphatic carbocycles. The summed E-state index contributed by atoms with van der Waals surface area (Å²) >= 11 is 0. The molecule has 1 aromatic heterocycles. The summed E-state index contributed by atoms with van der Waals surface area (Å²) in [6.07, 6.45) is 4.47. The monoisotopic (exact) mass is 420 g/mol. The molecule has 1 amide bonds. The Bertz CT molecular complexity index is 1010. The Hall–Kier alpha value is -3.06. The Labute approximate surface area is 182 Å². The van der Waals surface area contributed by atoms with E-state index in [4.69, 9.17) is 4.84 Å². The number of rotatable bonds is 5. The van der Waals surface area contributed by atoms with Crippen molar-refractivity contribution >= 4 is 23.2 Å². The number of carbonyl (C=O) groups excluding carboxylic acids is 2. The van der Waals surface area contributed by atoms with Crippen molar-refractivity contribution in [2.24, 2.45) is 5.16 Å². The van der Waals surface area contributed by atoms with Gasteiger partial charge in [0.25, 0.3) is 5.91 Å². The van der Waals surface area contributed by atoms with Gasteiger partial charge in [0.2, 0.25) is 5.78 Å². The van der Waals surface area contributed by atoms with Crippen molar-refractivity contribution in [3.05, 3.63) is 59.3 Å². The average molecular weight is 421 g/mol. The number of oxime groups is 1. The molecule has 2 aliphatic heterocycles. The number of hydrogen-bond acceptors (Lipinski definition) is 6. The van der Waals surface area contributed by atoms with E-state index < -0.39 is 5.60 Å². The van der Waals surface area contributed by atoms with Gasteiger partial charge in [-0.15, -0.1) is 0 Å². The molecule has 7 nitrogen and oxygen atoms in total. The lowest BCUT2D eigenvalue weighted by Crippen LogP contribution is -2.49. The van der Waals surface area contributed by atoms with Crippen LogP contribution in [0.5, 0.6) is 0 Å². The number of ketones is 1. The number of nitrogens with zero attached hydrogens (tertiary/aromatic N) is 3. The lowest BCUT2D eigenvalue weighted by molar-refractivity contribution is -0.128. The van der Waals surface area contributed by atoms with E-state index >= 15 is 0 Å². The van der Waals surface area contributed by atoms with Crippen LogP contribution in [-0.4, -0.2) is 47.1 Å². The Morgan fingerprint density at radius 2 is 2.03 bits per heavy atom. The number of carbonyl (C=O) groups is 2. The summed E-state index contributed by atoms with van der Waals surface area (Å²) in [7, 11) is 0. The molecule has 1 unspecified atom stereocenters. The summed E-state index contributed by atoms with van der Waals surface area (Å²) in [5, 5.41) is 7.35. The van der Waals surface area contributed by atoms with Crippen molar-refractivity contribution in [3.8, 4) is 0 Å². The largest absolute Gasteiger partial charge is 0.381 e. The third-order valence-electron chi connectivity index (χ3n) is 5.86. The van der Waals surface area contributed by atoms with Crippen molar-refractivity contribution in [2.45, 2.75) is 51.7 Å². The molecular formula is C24H28N4O3. The smallest absolute Gasteiger partial charge is 0.259 e. The summed E-state index contributed by atoms with van der Waals surface area (Å²) in [4.78, 5) is 37.8. The van der Waals surface area contributed by atoms with Gasteiger partial charge < -0.3 is 10.2 Å². The Kier molecular flexibility index (Phi) is 5.87. The van der Waals surface area contributed by atoms with E-state index in [2.05, 4.69) is 22.4 Å². The predicted molar refractivity (Wildman–Crippen MR) is 119 cm³/mol. The van der Waals surface area contributed by atoms with Gasteiger partial charge in [-0.1, -0.05) is 30.3 Å². The molecule has 2 aromatic rings. The molecule has 162 valence electrons. The number of piperidine rings is 1. The van der Waals surface area contributed by atoms with Gasteiger partial charge in [-0.2, -0.15) is 0 Å². The molecule has 0 radical (unpaired) electrons. The van der Waals surface area contributed by atoms with Gasteiger partial charge in [0.1, 0.15) is 5.82 Å². The fraction of sp³-hybridized carbons (Fsp3) is 0.417. The van der Waals surface area contributed by atoms with Gasteiger partial charge >= 0.3 is 0 Å². The molecule has 1 fully saturated rings. The first-order valence-electron chi connectivity index (χ1n) is 10.8. The van der Waals surface area contributed by atoms with Gasteiger partial charge in [0.15, 0.2) is 11.3 Å². The average Bonchev–Trinajstić information content (AvgIpc) is 3.07. The highest BCUT2D eigenvalue weighted by Gasteiger charge is 2.40. The highest BCUT2D eigenvalue weighted by atomic mass is 16.7. The standard InChI is InChI=1S/C24H28N4O3/c1-4-16-7-5-14-26-22(16)28(19-8-6-13-25-15-19)23(30)18-11-9-17(10-12-18)20-21(29)24(2,3)31-27-20/h5,7,9-12,14,19,25H,4,6,8,13,15H2,1-3H3. The third kappa shape index (κ3) is 4.10. The van der Waals surface area contributed by atoms with E-state index in [-0.39, 0.29) is 23.4 Å². The number of aromatic nitrogens is 1. The van der Waals surface area contributed by atoms with Crippen LogP contribution in [-0.2, 0) is 16.1 Å². The van der Waals surface area contributed by atoms with Crippen LogP contribution in [0.3, 0.4) is 0 Å². The molecule has 1 N–H and O–H groups in total. The van der Waals surface area contributed by atoms with E-state index in [1.54, 1.807) is 44.3 Å². The fourth-order valence-corrected chi connectivity index (χ4v) is 4.03. The molecule has 3 heterocycles. The molecule has 4 rings (SSSR count). The van der Waals surface area contributed by atoms with Gasteiger partial charge in [0.05, 0.1) is 6.04 Å². The first-order valence-corrected chi connectivity index (χ1v) is 10.8. The maximum absolute atomic E-state index is 13.6. The molecule has 0 saturated carbocycles. The Morgan fingerprint density at radius 1 is 1.26 bits per heavy atom. The topological polar surface area (TPSA) is 83.9 Å². The first kappa shape index (κ1) is 21.2. The van der Waals surface area contributed by atoms with Crippen LogP contribution in [0, 0.1) is 0 Å². The second-order valence-corrected chi connectivity index (χ2v) is 8.46. The summed E-state index contributed by atoms with van der Waals surface area (Å²) in [6, 6.07) is 11.0. The van der Waals surface area contributed by atoms with Crippen LogP contribution in [0.15, 0.2) is 47.8 Å². The van der Waals surface area contributed by atoms with Gasteiger partial charge in [-0.3, -0.25) is 14.5 Å². The minimum atomic E-state index is -0.954. The molecule has 0 spiro atoms. The zero-order valence-electron chi connectivity index (χ0n) is 18.2. The van der Waals surface area contributed by atoms with Crippen molar-refractivity contribution in [3.63, 3.8) is 0 Å². The van der Waals surface area contributed by atoms with Crippen molar-refractivity contribution in [2.75, 3.05) is 18.0 Å². The minimum absolute atomic E-state index is 0.0381. The second kappa shape index (κ2) is 8.59. The molecule has 1 saturated heterocycles. The Morgan fingerprint density at radius 3 is 2.65 bits per heavy atom. The molecule has 31 heavy (non-hydrogen) atoms. The summed E-state index contributed by atoms with van der Waals surface area (Å²) < 4.78 is 0. The summed E-state index contributed by atoms with van der Waals surface area (Å²) in [5.41, 5.74) is 1.57. The maximum atomic E-state index is 13.6. The number of benzene rings is 1. The van der Waals surface area contributed by atoms with Crippen LogP contribution in [0.2, 0.25) is 0 Å². The Balaban J connectivity index is 1.65. The first-order chi connectivity index (χ1) is 14.9. The number of amides is 1. The maximum Gasteiger partial charge on any atom is 0.259 e. The van der Waals surface area contributed by atoms with E-state index in [1.807, 2.05) is 17.0 Å². The van der Waals surface area contributed by atoms with Crippen LogP contribution < -0.4 is 10.2 Å². The number of Topliss-reactive ketones (excluding diaryl/α,β-unsaturated/α-hetero) is 1. The molecule has 1 aromatic carbocycles. The summed E-state index contributed by atoms with van der Waals surface area (Å²) in [5.74, 6) is 0.464. The second-order valence-electron chi connectivity index (χ2n) is 8.46. The number of anilines is 1. The van der Waals surface area contributed by atoms with Crippen LogP contribution >= 0.6 is 0 Å². The zero-order chi connectivity index (χ0) is 22.0. The fourth-order valence-electron chi connectivity index (χ4n) is 4.03. The van der Waals surface area contributed by atoms with Gasteiger partial charge in [-0.25, -0.2) is 4.98 Å². The molecular weight excluding hydrogens is 392 g/mol. The lowest BCUT2D eigenvalue weighted by Gasteiger charge is -2.35. The quantitative estimate of drug-likeness (QED) is 0.804. The van der Waals surface area contributed by atoms with E-state index in [1.165, 1.54) is 0 Å². The van der Waals surface area contributed by atoms with Crippen molar-refractivity contribution in [1.82, 2.24) is 10.3 Å². The van der Waals surface area contributed by atoms with Crippen molar-refractivity contribution < 1.29 is 14.4 Å². The van der Waals surface area contributed by atoms with Gasteiger partial charge in [0, 0.05) is 23.9 Å². The van der Waals surface area contributed by atoms with Crippen LogP contribution in [0.25, 0.3) is 0 Å². The number of aryl methyl sites for hydroxylation is 1. The normalized spacial score (nSPS) is 20.2. The third-order valence-corrected chi connectivity index (χ3v) is 5.86. The predicted octanol–water partition coefficient (Wildman–Crippen LogP) is 3.12. The highest BCUT2D eigenvalue weighted by Crippen LogP contribution is 2.27. The molecule has 2 aliphatic rings. The number of pyridine rings is 1. The van der Waals surface area contributed by atoms with Crippen molar-refractivity contribution in [1.29, 1.82) is 0 Å². The van der Waals surface area contributed by atoms with Crippen LogP contribution in [0.1, 0.15) is 55.1 Å². The van der Waals surface area contributed by atoms with E-state index in [9.17, 15) is 9.59 Å². The molecule has 0 bridgehead atoms.